The lowest BCUT2D eigenvalue weighted by molar-refractivity contribution is -0.122. The number of esters is 1. The van der Waals surface area contributed by atoms with Gasteiger partial charge in [0.15, 0.2) is 11.5 Å². The van der Waals surface area contributed by atoms with Crippen molar-refractivity contribution in [1.82, 2.24) is 5.43 Å². The topological polar surface area (TPSA) is 77.0 Å². The number of nitrogens with zero attached hydrogens (tertiary/aromatic N) is 1. The highest BCUT2D eigenvalue weighted by Crippen LogP contribution is 2.58. The molecule has 190 valence electrons. The zero-order chi connectivity index (χ0) is 26.5. The summed E-state index contributed by atoms with van der Waals surface area (Å²) < 4.78 is 11.8. The van der Waals surface area contributed by atoms with E-state index in [9.17, 15) is 9.59 Å². The van der Waals surface area contributed by atoms with E-state index in [1.165, 1.54) is 13.3 Å². The van der Waals surface area contributed by atoms with Crippen molar-refractivity contribution in [2.45, 2.75) is 11.8 Å². The first-order valence-electron chi connectivity index (χ1n) is 12.1. The number of halogens is 1. The summed E-state index contributed by atoms with van der Waals surface area (Å²) in [6, 6.07) is 32.2. The molecule has 0 heterocycles. The maximum Gasteiger partial charge on any atom is 0.343 e. The molecule has 1 N–H and O–H groups in total. The van der Waals surface area contributed by atoms with Crippen LogP contribution in [0.3, 0.4) is 0 Å². The minimum Gasteiger partial charge on any atom is -0.493 e. The average Bonchev–Trinajstić information content (AvgIpc) is 3.72. The molecule has 0 aromatic heterocycles. The van der Waals surface area contributed by atoms with Crippen LogP contribution in [0.15, 0.2) is 113 Å². The van der Waals surface area contributed by atoms with Crippen LogP contribution >= 0.6 is 15.9 Å². The Kier molecular flexibility index (Phi) is 7.38. The van der Waals surface area contributed by atoms with Gasteiger partial charge in [-0.15, -0.1) is 0 Å². The fraction of sp³-hybridized carbons (Fsp3) is 0.129. The van der Waals surface area contributed by atoms with Gasteiger partial charge in [0.2, 0.25) is 5.91 Å². The van der Waals surface area contributed by atoms with Gasteiger partial charge >= 0.3 is 5.97 Å². The minimum atomic E-state index is -0.491. The monoisotopic (exact) mass is 568 g/mol. The number of benzene rings is 4. The third kappa shape index (κ3) is 5.24. The lowest BCUT2D eigenvalue weighted by atomic mass is 9.85. The molecule has 1 aliphatic rings. The number of hydrazone groups is 1. The zero-order valence-electron chi connectivity index (χ0n) is 20.6. The highest BCUT2D eigenvalue weighted by Gasteiger charge is 2.60. The van der Waals surface area contributed by atoms with E-state index in [0.717, 1.165) is 15.6 Å². The van der Waals surface area contributed by atoms with Gasteiger partial charge in [-0.1, -0.05) is 76.6 Å². The fourth-order valence-corrected chi connectivity index (χ4v) is 4.96. The number of nitrogens with one attached hydrogen (secondary N) is 1. The Morgan fingerprint density at radius 3 is 2.13 bits per heavy atom. The van der Waals surface area contributed by atoms with Gasteiger partial charge in [-0.2, -0.15) is 5.10 Å². The molecule has 7 heteroatoms. The van der Waals surface area contributed by atoms with E-state index in [1.807, 2.05) is 36.4 Å². The van der Waals surface area contributed by atoms with Crippen molar-refractivity contribution in [3.8, 4) is 11.5 Å². The SMILES string of the molecule is COc1cc(C=NNC(=O)C2CC2(c2ccccc2)c2ccccc2)ccc1OC(=O)c1ccc(Br)cc1. The maximum absolute atomic E-state index is 13.1. The maximum atomic E-state index is 13.1. The van der Waals surface area contributed by atoms with Crippen LogP contribution in [0.5, 0.6) is 11.5 Å². The van der Waals surface area contributed by atoms with Gasteiger partial charge in [-0.3, -0.25) is 4.79 Å². The van der Waals surface area contributed by atoms with Crippen LogP contribution in [0, 0.1) is 5.92 Å². The van der Waals surface area contributed by atoms with Crippen molar-refractivity contribution < 1.29 is 19.1 Å². The molecule has 0 radical (unpaired) electrons. The van der Waals surface area contributed by atoms with E-state index >= 15 is 0 Å². The number of carbonyl (C=O) groups is 2. The third-order valence-electron chi connectivity index (χ3n) is 6.71. The average molecular weight is 569 g/mol. The first kappa shape index (κ1) is 25.4. The van der Waals surface area contributed by atoms with Crippen molar-refractivity contribution >= 4 is 34.0 Å². The van der Waals surface area contributed by atoms with Crippen LogP contribution in [-0.2, 0) is 10.2 Å². The van der Waals surface area contributed by atoms with Crippen LogP contribution in [0.25, 0.3) is 0 Å². The first-order valence-corrected chi connectivity index (χ1v) is 12.9. The second kappa shape index (κ2) is 11.0. The molecule has 1 aliphatic carbocycles. The summed E-state index contributed by atoms with van der Waals surface area (Å²) in [5.41, 5.74) is 5.68. The van der Waals surface area contributed by atoms with Gasteiger partial charge in [0.05, 0.1) is 24.8 Å². The van der Waals surface area contributed by atoms with E-state index in [4.69, 9.17) is 9.47 Å². The number of hydrogen-bond donors (Lipinski definition) is 1. The second-order valence-corrected chi connectivity index (χ2v) is 9.92. The molecule has 5 rings (SSSR count). The van der Waals surface area contributed by atoms with E-state index in [1.54, 1.807) is 42.5 Å². The summed E-state index contributed by atoms with van der Waals surface area (Å²) in [5, 5.41) is 4.19. The van der Waals surface area contributed by atoms with Crippen molar-refractivity contribution in [1.29, 1.82) is 0 Å². The number of hydrogen-bond acceptors (Lipinski definition) is 5. The van der Waals surface area contributed by atoms with Crippen LogP contribution < -0.4 is 14.9 Å². The van der Waals surface area contributed by atoms with Crippen molar-refractivity contribution in [2.24, 2.45) is 11.0 Å². The van der Waals surface area contributed by atoms with Crippen molar-refractivity contribution in [2.75, 3.05) is 7.11 Å². The number of carbonyl (C=O) groups excluding carboxylic acids is 2. The Hall–Kier alpha value is -4.23. The summed E-state index contributed by atoms with van der Waals surface area (Å²) in [7, 11) is 1.49. The molecular weight excluding hydrogens is 544 g/mol. The first-order chi connectivity index (χ1) is 18.5. The van der Waals surface area contributed by atoms with Gasteiger partial charge in [0, 0.05) is 9.89 Å². The summed E-state index contributed by atoms with van der Waals surface area (Å²) in [6.45, 7) is 0. The van der Waals surface area contributed by atoms with E-state index in [2.05, 4.69) is 50.7 Å². The van der Waals surface area contributed by atoms with E-state index in [-0.39, 0.29) is 23.0 Å². The largest absolute Gasteiger partial charge is 0.493 e. The summed E-state index contributed by atoms with van der Waals surface area (Å²) >= 11 is 3.35. The lowest BCUT2D eigenvalue weighted by Crippen LogP contribution is -2.25. The number of ether oxygens (including phenoxy) is 2. The number of amides is 1. The van der Waals surface area contributed by atoms with Crippen molar-refractivity contribution in [3.63, 3.8) is 0 Å². The molecule has 0 aliphatic heterocycles. The predicted octanol–water partition coefficient (Wildman–Crippen LogP) is 6.13. The second-order valence-electron chi connectivity index (χ2n) is 9.00. The zero-order valence-corrected chi connectivity index (χ0v) is 22.2. The molecule has 4 aromatic carbocycles. The van der Waals surface area contributed by atoms with Gasteiger partial charge in [-0.05, 0) is 65.6 Å². The standard InChI is InChI=1S/C31H25BrN2O4/c1-37-28-18-21(12-17-27(28)38-30(36)22-13-15-25(32)16-14-22)20-33-34-29(35)26-19-31(26,23-8-4-2-5-9-23)24-10-6-3-7-11-24/h2-18,20,26H,19H2,1H3,(H,34,35). The lowest BCUT2D eigenvalue weighted by Gasteiger charge is -2.18. The molecule has 1 saturated carbocycles. The smallest absolute Gasteiger partial charge is 0.343 e. The van der Waals surface area contributed by atoms with Gasteiger partial charge in [0.25, 0.3) is 0 Å². The number of methoxy groups -OCH3 is 1. The normalized spacial score (nSPS) is 15.6. The highest BCUT2D eigenvalue weighted by molar-refractivity contribution is 9.10. The molecule has 1 amide bonds. The molecule has 4 aromatic rings. The Morgan fingerprint density at radius 2 is 1.53 bits per heavy atom. The molecule has 0 spiro atoms. The molecule has 38 heavy (non-hydrogen) atoms. The minimum absolute atomic E-state index is 0.138. The molecule has 0 bridgehead atoms. The summed E-state index contributed by atoms with van der Waals surface area (Å²) in [6.07, 6.45) is 2.25. The molecule has 1 atom stereocenters. The van der Waals surface area contributed by atoms with Crippen LogP contribution in [0.1, 0.15) is 33.5 Å². The highest BCUT2D eigenvalue weighted by atomic mass is 79.9. The summed E-state index contributed by atoms with van der Waals surface area (Å²) in [5.74, 6) is -0.190. The van der Waals surface area contributed by atoms with E-state index in [0.29, 0.717) is 23.3 Å². The molecule has 1 fully saturated rings. The Morgan fingerprint density at radius 1 is 0.895 bits per heavy atom. The van der Waals surface area contributed by atoms with E-state index < -0.39 is 5.97 Å². The van der Waals surface area contributed by atoms with Gasteiger partial charge in [-0.25, -0.2) is 10.2 Å². The van der Waals surface area contributed by atoms with Gasteiger partial charge in [0.1, 0.15) is 0 Å². The van der Waals surface area contributed by atoms with Crippen molar-refractivity contribution in [3.05, 3.63) is 130 Å². The predicted molar refractivity (Wildman–Crippen MR) is 150 cm³/mol. The Balaban J connectivity index is 1.26. The fourth-order valence-electron chi connectivity index (χ4n) is 4.70. The molecule has 1 unspecified atom stereocenters. The molecule has 0 saturated heterocycles. The van der Waals surface area contributed by atoms with Crippen LogP contribution in [-0.4, -0.2) is 25.2 Å². The van der Waals surface area contributed by atoms with Gasteiger partial charge < -0.3 is 9.47 Å². The molecule has 6 nitrogen and oxygen atoms in total. The Labute approximate surface area is 229 Å². The third-order valence-corrected chi connectivity index (χ3v) is 7.24. The van der Waals surface area contributed by atoms with Crippen LogP contribution in [0.4, 0.5) is 0 Å². The summed E-state index contributed by atoms with van der Waals surface area (Å²) in [4.78, 5) is 25.6. The Bertz CT molecular complexity index is 1430. The van der Waals surface area contributed by atoms with Crippen LogP contribution in [0.2, 0.25) is 0 Å². The number of rotatable bonds is 8. The molecular formula is C31H25BrN2O4. The quantitative estimate of drug-likeness (QED) is 0.120.